The maximum absolute atomic E-state index is 2.25. The average molecular weight is 194 g/mol. The van der Waals surface area contributed by atoms with Crippen molar-refractivity contribution in [1.29, 1.82) is 0 Å². The zero-order valence-corrected chi connectivity index (χ0v) is 9.74. The van der Waals surface area contributed by atoms with E-state index in [-0.39, 0.29) is 5.41 Å². The van der Waals surface area contributed by atoms with Crippen LogP contribution in [0.1, 0.15) is 31.9 Å². The second-order valence-electron chi connectivity index (χ2n) is 4.38. The zero-order chi connectivity index (χ0) is 9.90. The van der Waals surface area contributed by atoms with E-state index in [1.54, 1.807) is 0 Å². The van der Waals surface area contributed by atoms with E-state index in [1.807, 2.05) is 11.8 Å². The zero-order valence-electron chi connectivity index (χ0n) is 8.92. The quantitative estimate of drug-likeness (QED) is 0.689. The highest BCUT2D eigenvalue weighted by Gasteiger charge is 2.12. The predicted molar refractivity (Wildman–Crippen MR) is 62.4 cm³/mol. The van der Waals surface area contributed by atoms with E-state index in [0.29, 0.717) is 0 Å². The number of rotatable bonds is 2. The van der Waals surface area contributed by atoms with E-state index < -0.39 is 0 Å². The smallest absolute Gasteiger partial charge is 0.0181 e. The number of thioether (sulfide) groups is 1. The van der Waals surface area contributed by atoms with Crippen LogP contribution < -0.4 is 0 Å². The molecule has 13 heavy (non-hydrogen) atoms. The standard InChI is InChI=1S/C12H18S/c1-12(2,3)11-7-5-10(6-8-11)9-13-4/h5-8H,9H2,1-4H3. The van der Waals surface area contributed by atoms with Gasteiger partial charge in [0.2, 0.25) is 0 Å². The molecular formula is C12H18S. The van der Waals surface area contributed by atoms with E-state index in [1.165, 1.54) is 11.1 Å². The molecule has 72 valence electrons. The third kappa shape index (κ3) is 3.07. The van der Waals surface area contributed by atoms with Crippen molar-refractivity contribution in [3.63, 3.8) is 0 Å². The van der Waals surface area contributed by atoms with Gasteiger partial charge in [0, 0.05) is 5.75 Å². The van der Waals surface area contributed by atoms with Gasteiger partial charge in [-0.15, -0.1) is 0 Å². The Labute approximate surface area is 85.7 Å². The highest BCUT2D eigenvalue weighted by atomic mass is 32.2. The average Bonchev–Trinajstić information content (AvgIpc) is 2.04. The molecule has 1 aromatic carbocycles. The molecule has 0 heterocycles. The lowest BCUT2D eigenvalue weighted by molar-refractivity contribution is 0.590. The predicted octanol–water partition coefficient (Wildman–Crippen LogP) is 3.85. The van der Waals surface area contributed by atoms with Gasteiger partial charge in [-0.1, -0.05) is 45.0 Å². The molecule has 0 atom stereocenters. The number of benzene rings is 1. The molecule has 1 aromatic rings. The van der Waals surface area contributed by atoms with Crippen molar-refractivity contribution in [2.75, 3.05) is 6.26 Å². The minimum atomic E-state index is 0.276. The van der Waals surface area contributed by atoms with E-state index in [0.717, 1.165) is 5.75 Å². The Kier molecular flexibility index (Phi) is 3.43. The van der Waals surface area contributed by atoms with Gasteiger partial charge in [0.15, 0.2) is 0 Å². The third-order valence-corrected chi connectivity index (χ3v) is 2.75. The van der Waals surface area contributed by atoms with Crippen LogP contribution in [0.5, 0.6) is 0 Å². The normalized spacial score (nSPS) is 11.7. The van der Waals surface area contributed by atoms with Gasteiger partial charge in [-0.25, -0.2) is 0 Å². The van der Waals surface area contributed by atoms with Crippen molar-refractivity contribution in [3.8, 4) is 0 Å². The molecule has 0 aliphatic rings. The van der Waals surface area contributed by atoms with Crippen LogP contribution in [0.15, 0.2) is 24.3 Å². The number of hydrogen-bond donors (Lipinski definition) is 0. The van der Waals surface area contributed by atoms with Crippen LogP contribution >= 0.6 is 11.8 Å². The summed E-state index contributed by atoms with van der Waals surface area (Å²) < 4.78 is 0. The van der Waals surface area contributed by atoms with E-state index in [9.17, 15) is 0 Å². The fourth-order valence-corrected chi connectivity index (χ4v) is 1.79. The van der Waals surface area contributed by atoms with Gasteiger partial charge in [-0.3, -0.25) is 0 Å². The van der Waals surface area contributed by atoms with Crippen LogP contribution in [0, 0.1) is 0 Å². The molecular weight excluding hydrogens is 176 g/mol. The maximum atomic E-state index is 2.25. The van der Waals surface area contributed by atoms with Gasteiger partial charge in [-0.2, -0.15) is 11.8 Å². The summed E-state index contributed by atoms with van der Waals surface area (Å²) in [6.45, 7) is 6.74. The number of hydrogen-bond acceptors (Lipinski definition) is 1. The lowest BCUT2D eigenvalue weighted by Gasteiger charge is -2.19. The molecule has 0 spiro atoms. The van der Waals surface area contributed by atoms with Crippen LogP contribution in [0.25, 0.3) is 0 Å². The molecule has 0 fully saturated rings. The summed E-state index contributed by atoms with van der Waals surface area (Å²) in [6.07, 6.45) is 2.14. The molecule has 0 saturated carbocycles. The van der Waals surface area contributed by atoms with Crippen molar-refractivity contribution in [1.82, 2.24) is 0 Å². The molecule has 0 aromatic heterocycles. The van der Waals surface area contributed by atoms with Crippen molar-refractivity contribution in [3.05, 3.63) is 35.4 Å². The minimum absolute atomic E-state index is 0.276. The fourth-order valence-electron chi connectivity index (χ4n) is 1.27. The summed E-state index contributed by atoms with van der Waals surface area (Å²) in [5.41, 5.74) is 3.11. The maximum Gasteiger partial charge on any atom is 0.0181 e. The Morgan fingerprint density at radius 2 is 1.62 bits per heavy atom. The Morgan fingerprint density at radius 1 is 1.08 bits per heavy atom. The van der Waals surface area contributed by atoms with Crippen molar-refractivity contribution in [2.24, 2.45) is 0 Å². The lowest BCUT2D eigenvalue weighted by Crippen LogP contribution is -2.10. The first-order valence-corrected chi connectivity index (χ1v) is 6.02. The molecule has 0 unspecified atom stereocenters. The van der Waals surface area contributed by atoms with Crippen molar-refractivity contribution >= 4 is 11.8 Å². The van der Waals surface area contributed by atoms with Gasteiger partial charge in [0.1, 0.15) is 0 Å². The topological polar surface area (TPSA) is 0 Å². The summed E-state index contributed by atoms with van der Waals surface area (Å²) in [7, 11) is 0. The molecule has 1 heteroatoms. The summed E-state index contributed by atoms with van der Waals surface area (Å²) >= 11 is 1.87. The summed E-state index contributed by atoms with van der Waals surface area (Å²) in [5.74, 6) is 1.12. The summed E-state index contributed by atoms with van der Waals surface area (Å²) in [5, 5.41) is 0. The summed E-state index contributed by atoms with van der Waals surface area (Å²) in [4.78, 5) is 0. The Hall–Kier alpha value is -0.430. The van der Waals surface area contributed by atoms with Crippen LogP contribution in [0.4, 0.5) is 0 Å². The minimum Gasteiger partial charge on any atom is -0.161 e. The van der Waals surface area contributed by atoms with Crippen molar-refractivity contribution in [2.45, 2.75) is 31.9 Å². The first-order chi connectivity index (χ1) is 6.04. The highest BCUT2D eigenvalue weighted by Crippen LogP contribution is 2.22. The van der Waals surface area contributed by atoms with E-state index in [4.69, 9.17) is 0 Å². The second-order valence-corrected chi connectivity index (χ2v) is 5.25. The second kappa shape index (κ2) is 4.19. The lowest BCUT2D eigenvalue weighted by atomic mass is 9.87. The fraction of sp³-hybridized carbons (Fsp3) is 0.500. The van der Waals surface area contributed by atoms with Crippen LogP contribution in [-0.4, -0.2) is 6.26 Å². The highest BCUT2D eigenvalue weighted by molar-refractivity contribution is 7.97. The summed E-state index contributed by atoms with van der Waals surface area (Å²) in [6, 6.07) is 8.95. The van der Waals surface area contributed by atoms with E-state index >= 15 is 0 Å². The molecule has 0 aliphatic heterocycles. The van der Waals surface area contributed by atoms with E-state index in [2.05, 4.69) is 51.3 Å². The van der Waals surface area contributed by atoms with Gasteiger partial charge < -0.3 is 0 Å². The third-order valence-electron chi connectivity index (χ3n) is 2.13. The Balaban J connectivity index is 2.81. The first kappa shape index (κ1) is 10.6. The Bertz CT molecular complexity index is 253. The molecule has 0 radical (unpaired) electrons. The molecule has 0 nitrogen and oxygen atoms in total. The molecule has 0 saturated heterocycles. The molecule has 0 amide bonds. The molecule has 0 bridgehead atoms. The van der Waals surface area contributed by atoms with Gasteiger partial charge >= 0.3 is 0 Å². The van der Waals surface area contributed by atoms with Crippen LogP contribution in [-0.2, 0) is 11.2 Å². The van der Waals surface area contributed by atoms with Crippen LogP contribution in [0.2, 0.25) is 0 Å². The van der Waals surface area contributed by atoms with Gasteiger partial charge in [0.05, 0.1) is 0 Å². The SMILES string of the molecule is CSCc1ccc(C(C)(C)C)cc1. The molecule has 0 aliphatic carbocycles. The molecule has 0 N–H and O–H groups in total. The Morgan fingerprint density at radius 3 is 2.00 bits per heavy atom. The van der Waals surface area contributed by atoms with Crippen molar-refractivity contribution < 1.29 is 0 Å². The first-order valence-electron chi connectivity index (χ1n) is 4.62. The van der Waals surface area contributed by atoms with Crippen LogP contribution in [0.3, 0.4) is 0 Å². The molecule has 1 rings (SSSR count). The largest absolute Gasteiger partial charge is 0.161 e. The van der Waals surface area contributed by atoms with Gasteiger partial charge in [0.25, 0.3) is 0 Å². The van der Waals surface area contributed by atoms with Gasteiger partial charge in [-0.05, 0) is 22.8 Å². The monoisotopic (exact) mass is 194 g/mol.